The highest BCUT2D eigenvalue weighted by Crippen LogP contribution is 2.26. The molecule has 1 fully saturated rings. The van der Waals surface area contributed by atoms with E-state index >= 15 is 0 Å². The van der Waals surface area contributed by atoms with Crippen molar-refractivity contribution in [3.05, 3.63) is 59.2 Å². The summed E-state index contributed by atoms with van der Waals surface area (Å²) in [4.78, 5) is 14.2. The molecule has 4 rings (SSSR count). The van der Waals surface area contributed by atoms with Crippen molar-refractivity contribution in [3.63, 3.8) is 0 Å². The zero-order valence-electron chi connectivity index (χ0n) is 15.7. The maximum Gasteiger partial charge on any atom is 0.287 e. The first kappa shape index (κ1) is 17.8. The van der Waals surface area contributed by atoms with Gasteiger partial charge < -0.3 is 23.8 Å². The molecule has 3 heterocycles. The van der Waals surface area contributed by atoms with Crippen molar-refractivity contribution < 1.29 is 23.3 Å². The Morgan fingerprint density at radius 1 is 1.22 bits per heavy atom. The maximum atomic E-state index is 12.8. The first-order valence-corrected chi connectivity index (χ1v) is 9.37. The normalized spacial score (nSPS) is 16.5. The van der Waals surface area contributed by atoms with Gasteiger partial charge in [-0.15, -0.1) is 0 Å². The number of aryl methyl sites for hydroxylation is 2. The fourth-order valence-electron chi connectivity index (χ4n) is 3.74. The number of benzene rings is 1. The zero-order chi connectivity index (χ0) is 18.8. The van der Waals surface area contributed by atoms with Gasteiger partial charge in [0, 0.05) is 10.9 Å². The summed E-state index contributed by atoms with van der Waals surface area (Å²) in [5.41, 5.74) is 2.76. The molecular weight excluding hydrogens is 344 g/mol. The number of ether oxygens (including phenoxy) is 1. The second-order valence-electron chi connectivity index (χ2n) is 7.10. The van der Waals surface area contributed by atoms with E-state index in [9.17, 15) is 4.79 Å². The molecule has 0 radical (unpaired) electrons. The lowest BCUT2D eigenvalue weighted by molar-refractivity contribution is -0.938. The Labute approximate surface area is 158 Å². The molecule has 0 saturated carbocycles. The molecule has 1 aliphatic heterocycles. The van der Waals surface area contributed by atoms with Crippen LogP contribution in [0.4, 0.5) is 0 Å². The zero-order valence-corrected chi connectivity index (χ0v) is 15.7. The Morgan fingerprint density at radius 3 is 2.78 bits per heavy atom. The minimum absolute atomic E-state index is 0.0554. The van der Waals surface area contributed by atoms with Crippen LogP contribution >= 0.6 is 0 Å². The molecule has 6 heteroatoms. The molecule has 3 aromatic rings. The predicted molar refractivity (Wildman–Crippen MR) is 101 cm³/mol. The fraction of sp³-hybridized carbons (Fsp3) is 0.381. The van der Waals surface area contributed by atoms with Gasteiger partial charge in [0.15, 0.2) is 17.6 Å². The number of nitrogens with one attached hydrogen (secondary N) is 2. The van der Waals surface area contributed by atoms with Crippen LogP contribution in [-0.4, -0.2) is 38.8 Å². The van der Waals surface area contributed by atoms with Gasteiger partial charge in [-0.2, -0.15) is 0 Å². The number of amides is 1. The first-order chi connectivity index (χ1) is 13.1. The van der Waals surface area contributed by atoms with Crippen LogP contribution in [0.1, 0.15) is 33.5 Å². The van der Waals surface area contributed by atoms with Crippen LogP contribution in [0.25, 0.3) is 11.0 Å². The van der Waals surface area contributed by atoms with E-state index < -0.39 is 0 Å². The van der Waals surface area contributed by atoms with Gasteiger partial charge in [0.05, 0.1) is 26.0 Å². The van der Waals surface area contributed by atoms with E-state index in [4.69, 9.17) is 13.6 Å². The van der Waals surface area contributed by atoms with Crippen molar-refractivity contribution in [1.29, 1.82) is 0 Å². The Balaban J connectivity index is 1.52. The lowest BCUT2D eigenvalue weighted by Crippen LogP contribution is -3.15. The van der Waals surface area contributed by atoms with Crippen molar-refractivity contribution >= 4 is 16.9 Å². The molecule has 1 aromatic carbocycles. The molecule has 1 saturated heterocycles. The fourth-order valence-corrected chi connectivity index (χ4v) is 3.74. The quantitative estimate of drug-likeness (QED) is 0.722. The van der Waals surface area contributed by atoms with Gasteiger partial charge in [-0.3, -0.25) is 4.79 Å². The van der Waals surface area contributed by atoms with E-state index in [0.717, 1.165) is 54.2 Å². The highest BCUT2D eigenvalue weighted by molar-refractivity contribution is 5.99. The number of carbonyl (C=O) groups is 1. The third-order valence-corrected chi connectivity index (χ3v) is 5.28. The monoisotopic (exact) mass is 369 g/mol. The third kappa shape index (κ3) is 3.63. The van der Waals surface area contributed by atoms with Crippen molar-refractivity contribution in [3.8, 4) is 0 Å². The van der Waals surface area contributed by atoms with Crippen molar-refractivity contribution in [1.82, 2.24) is 5.32 Å². The maximum absolute atomic E-state index is 12.8. The number of quaternary nitrogens is 1. The van der Waals surface area contributed by atoms with Gasteiger partial charge in [0.1, 0.15) is 18.7 Å². The van der Waals surface area contributed by atoms with Crippen LogP contribution in [0, 0.1) is 13.8 Å². The summed E-state index contributed by atoms with van der Waals surface area (Å²) >= 11 is 0. The molecule has 1 amide bonds. The summed E-state index contributed by atoms with van der Waals surface area (Å²) in [5, 5.41) is 4.03. The largest absolute Gasteiger partial charge is 0.463 e. The van der Waals surface area contributed by atoms with E-state index in [0.29, 0.717) is 12.3 Å². The molecule has 2 N–H and O–H groups in total. The van der Waals surface area contributed by atoms with Crippen LogP contribution in [0.2, 0.25) is 0 Å². The Bertz CT molecular complexity index is 923. The molecule has 2 aromatic heterocycles. The van der Waals surface area contributed by atoms with Gasteiger partial charge in [0.25, 0.3) is 5.91 Å². The summed E-state index contributed by atoms with van der Waals surface area (Å²) in [6.07, 6.45) is 1.68. The van der Waals surface area contributed by atoms with Gasteiger partial charge in [-0.1, -0.05) is 11.6 Å². The second-order valence-corrected chi connectivity index (χ2v) is 7.10. The molecule has 0 aliphatic carbocycles. The summed E-state index contributed by atoms with van der Waals surface area (Å²) in [5.74, 6) is 1.07. The van der Waals surface area contributed by atoms with Crippen molar-refractivity contribution in [2.45, 2.75) is 19.9 Å². The van der Waals surface area contributed by atoms with Crippen LogP contribution in [0.15, 0.2) is 45.4 Å². The van der Waals surface area contributed by atoms with Crippen molar-refractivity contribution in [2.24, 2.45) is 0 Å². The smallest absolute Gasteiger partial charge is 0.287 e. The van der Waals surface area contributed by atoms with Gasteiger partial charge in [0.2, 0.25) is 0 Å². The number of hydrogen-bond donors (Lipinski definition) is 2. The standard InChI is InChI=1S/C21H24N2O4/c1-14-5-6-18-16(12-14)15(2)20(27-18)21(24)22-13-17(19-4-3-9-26-19)23-7-10-25-11-8-23/h3-6,9,12,17H,7-8,10-11,13H2,1-2H3,(H,22,24)/p+1/t17-/m0/s1. The Morgan fingerprint density at radius 2 is 2.04 bits per heavy atom. The second kappa shape index (κ2) is 7.58. The predicted octanol–water partition coefficient (Wildman–Crippen LogP) is 2.03. The number of carbonyl (C=O) groups excluding carboxylic acids is 1. The highest BCUT2D eigenvalue weighted by atomic mass is 16.5. The molecule has 27 heavy (non-hydrogen) atoms. The van der Waals surface area contributed by atoms with Gasteiger partial charge in [-0.25, -0.2) is 0 Å². The number of furan rings is 2. The number of rotatable bonds is 5. The first-order valence-electron chi connectivity index (χ1n) is 9.37. The average molecular weight is 369 g/mol. The molecule has 0 bridgehead atoms. The van der Waals surface area contributed by atoms with Crippen LogP contribution in [0.3, 0.4) is 0 Å². The van der Waals surface area contributed by atoms with E-state index in [2.05, 4.69) is 11.4 Å². The van der Waals surface area contributed by atoms with Crippen LogP contribution < -0.4 is 10.2 Å². The summed E-state index contributed by atoms with van der Waals surface area (Å²) in [7, 11) is 0. The lowest BCUT2D eigenvalue weighted by atomic mass is 10.1. The van der Waals surface area contributed by atoms with E-state index in [1.807, 2.05) is 38.1 Å². The minimum Gasteiger partial charge on any atom is -0.463 e. The van der Waals surface area contributed by atoms with Gasteiger partial charge >= 0.3 is 0 Å². The molecule has 0 unspecified atom stereocenters. The topological polar surface area (TPSA) is 69.0 Å². The molecule has 0 spiro atoms. The van der Waals surface area contributed by atoms with Crippen LogP contribution in [0.5, 0.6) is 0 Å². The molecule has 1 atom stereocenters. The van der Waals surface area contributed by atoms with E-state index in [1.54, 1.807) is 6.26 Å². The summed E-state index contributed by atoms with van der Waals surface area (Å²) < 4.78 is 16.9. The van der Waals surface area contributed by atoms with Gasteiger partial charge in [-0.05, 0) is 38.1 Å². The Kier molecular flexibility index (Phi) is 5.01. The Hall–Kier alpha value is -2.57. The third-order valence-electron chi connectivity index (χ3n) is 5.28. The number of fused-ring (bicyclic) bond motifs is 1. The van der Waals surface area contributed by atoms with E-state index in [1.165, 1.54) is 4.90 Å². The molecule has 1 aliphatic rings. The number of hydrogen-bond acceptors (Lipinski definition) is 4. The molecule has 142 valence electrons. The minimum atomic E-state index is -0.189. The molecule has 6 nitrogen and oxygen atoms in total. The lowest BCUT2D eigenvalue weighted by Gasteiger charge is -2.30. The summed E-state index contributed by atoms with van der Waals surface area (Å²) in [6.45, 7) is 7.68. The summed E-state index contributed by atoms with van der Waals surface area (Å²) in [6, 6.07) is 9.86. The average Bonchev–Trinajstić information content (AvgIpc) is 3.32. The number of morpholine rings is 1. The molecular formula is C21H25N2O4+. The SMILES string of the molecule is Cc1ccc2oc(C(=O)NC[C@@H](c3ccco3)[NH+]3CCOCC3)c(C)c2c1. The van der Waals surface area contributed by atoms with E-state index in [-0.39, 0.29) is 11.9 Å². The van der Waals surface area contributed by atoms with Crippen molar-refractivity contribution in [2.75, 3.05) is 32.8 Å². The highest BCUT2D eigenvalue weighted by Gasteiger charge is 2.29. The van der Waals surface area contributed by atoms with Crippen LogP contribution in [-0.2, 0) is 4.74 Å².